The Morgan fingerprint density at radius 1 is 1.21 bits per heavy atom. The van der Waals surface area contributed by atoms with E-state index in [1.165, 1.54) is 11.8 Å². The normalized spacial score (nSPS) is 22.2. The summed E-state index contributed by atoms with van der Waals surface area (Å²) in [6.45, 7) is 2.02. The van der Waals surface area contributed by atoms with Crippen LogP contribution in [0.25, 0.3) is 17.3 Å². The van der Waals surface area contributed by atoms with Gasteiger partial charge in [0.15, 0.2) is 5.17 Å². The van der Waals surface area contributed by atoms with Gasteiger partial charge in [0.2, 0.25) is 0 Å². The van der Waals surface area contributed by atoms with E-state index >= 15 is 0 Å². The van der Waals surface area contributed by atoms with Gasteiger partial charge in [-0.15, -0.1) is 0 Å². The molecule has 150 valence electrons. The second-order valence-electron chi connectivity index (χ2n) is 7.53. The molecule has 0 unspecified atom stereocenters. The predicted octanol–water partition coefficient (Wildman–Crippen LogP) is 2.77. The number of pyridine rings is 1. The SMILES string of the molecule is CN1CCC(O)(CN=C2NC(=O)/C(=C\c3cccc(-c4ccccc4)n3)S2)CC1. The Morgan fingerprint density at radius 3 is 2.72 bits per heavy atom. The molecule has 0 aliphatic carbocycles. The molecule has 1 amide bonds. The van der Waals surface area contributed by atoms with Crippen molar-refractivity contribution in [1.29, 1.82) is 0 Å². The van der Waals surface area contributed by atoms with E-state index < -0.39 is 5.60 Å². The van der Waals surface area contributed by atoms with Gasteiger partial charge < -0.3 is 15.3 Å². The summed E-state index contributed by atoms with van der Waals surface area (Å²) in [7, 11) is 2.05. The molecular weight excluding hydrogens is 384 g/mol. The lowest BCUT2D eigenvalue weighted by Crippen LogP contribution is -2.45. The van der Waals surface area contributed by atoms with Crippen LogP contribution in [0.5, 0.6) is 0 Å². The molecule has 1 aromatic heterocycles. The van der Waals surface area contributed by atoms with Crippen molar-refractivity contribution in [2.75, 3.05) is 26.7 Å². The molecule has 0 radical (unpaired) electrons. The summed E-state index contributed by atoms with van der Waals surface area (Å²) in [4.78, 5) is 24.2. The maximum Gasteiger partial charge on any atom is 0.264 e. The molecule has 0 bridgehead atoms. The minimum absolute atomic E-state index is 0.184. The fraction of sp³-hybridized carbons (Fsp3) is 0.318. The second kappa shape index (κ2) is 8.49. The fourth-order valence-electron chi connectivity index (χ4n) is 3.35. The zero-order valence-electron chi connectivity index (χ0n) is 16.3. The van der Waals surface area contributed by atoms with Crippen molar-refractivity contribution in [3.8, 4) is 11.3 Å². The molecule has 0 spiro atoms. The van der Waals surface area contributed by atoms with Gasteiger partial charge in [-0.1, -0.05) is 36.4 Å². The highest BCUT2D eigenvalue weighted by Gasteiger charge is 2.32. The molecule has 4 rings (SSSR count). The maximum absolute atomic E-state index is 12.3. The third-order valence-electron chi connectivity index (χ3n) is 5.20. The van der Waals surface area contributed by atoms with Gasteiger partial charge in [0.05, 0.1) is 28.4 Å². The third-order valence-corrected chi connectivity index (χ3v) is 6.15. The van der Waals surface area contributed by atoms with Crippen molar-refractivity contribution in [3.05, 3.63) is 59.1 Å². The topological polar surface area (TPSA) is 77.8 Å². The summed E-state index contributed by atoms with van der Waals surface area (Å²) < 4.78 is 0. The van der Waals surface area contributed by atoms with E-state index in [1.807, 2.05) is 48.5 Å². The largest absolute Gasteiger partial charge is 0.388 e. The molecule has 2 saturated heterocycles. The fourth-order valence-corrected chi connectivity index (χ4v) is 4.15. The second-order valence-corrected chi connectivity index (χ2v) is 8.56. The highest BCUT2D eigenvalue weighted by molar-refractivity contribution is 8.18. The molecule has 2 fully saturated rings. The Morgan fingerprint density at radius 2 is 1.97 bits per heavy atom. The first-order valence-corrected chi connectivity index (χ1v) is 10.5. The van der Waals surface area contributed by atoms with E-state index in [1.54, 1.807) is 6.08 Å². The van der Waals surface area contributed by atoms with Crippen molar-refractivity contribution in [2.24, 2.45) is 4.99 Å². The molecule has 29 heavy (non-hydrogen) atoms. The molecule has 2 aliphatic rings. The Hall–Kier alpha value is -2.48. The van der Waals surface area contributed by atoms with Crippen molar-refractivity contribution in [2.45, 2.75) is 18.4 Å². The molecule has 0 saturated carbocycles. The summed E-state index contributed by atoms with van der Waals surface area (Å²) in [5, 5.41) is 14.0. The van der Waals surface area contributed by atoms with E-state index in [0.29, 0.717) is 29.5 Å². The summed E-state index contributed by atoms with van der Waals surface area (Å²) in [5.41, 5.74) is 1.83. The van der Waals surface area contributed by atoms with E-state index in [0.717, 1.165) is 30.0 Å². The van der Waals surface area contributed by atoms with Crippen LogP contribution in [-0.2, 0) is 4.79 Å². The van der Waals surface area contributed by atoms with Crippen LogP contribution in [0, 0.1) is 0 Å². The van der Waals surface area contributed by atoms with Crippen LogP contribution in [0.4, 0.5) is 0 Å². The number of nitrogens with zero attached hydrogens (tertiary/aromatic N) is 3. The first kappa shape index (κ1) is 19.8. The van der Waals surface area contributed by atoms with Crippen molar-refractivity contribution < 1.29 is 9.90 Å². The number of thioether (sulfide) groups is 1. The molecule has 0 atom stereocenters. The number of benzene rings is 1. The molecular formula is C22H24N4O2S. The van der Waals surface area contributed by atoms with Gasteiger partial charge in [0.25, 0.3) is 5.91 Å². The van der Waals surface area contributed by atoms with E-state index in [4.69, 9.17) is 0 Å². The summed E-state index contributed by atoms with van der Waals surface area (Å²) >= 11 is 1.29. The van der Waals surface area contributed by atoms with Gasteiger partial charge in [-0.05, 0) is 49.9 Å². The molecule has 3 heterocycles. The lowest BCUT2D eigenvalue weighted by atomic mass is 9.92. The highest BCUT2D eigenvalue weighted by atomic mass is 32.2. The van der Waals surface area contributed by atoms with Crippen LogP contribution in [-0.4, -0.2) is 58.3 Å². The Balaban J connectivity index is 1.46. The number of hydrogen-bond acceptors (Lipinski definition) is 6. The summed E-state index contributed by atoms with van der Waals surface area (Å²) in [6.07, 6.45) is 3.16. The number of amides is 1. The molecule has 1 aromatic carbocycles. The van der Waals surface area contributed by atoms with Crippen LogP contribution in [0.1, 0.15) is 18.5 Å². The summed E-state index contributed by atoms with van der Waals surface area (Å²) in [6, 6.07) is 15.7. The quantitative estimate of drug-likeness (QED) is 0.761. The van der Waals surface area contributed by atoms with Crippen molar-refractivity contribution >= 4 is 28.9 Å². The number of rotatable bonds is 4. The lowest BCUT2D eigenvalue weighted by molar-refractivity contribution is -0.115. The van der Waals surface area contributed by atoms with Crippen LogP contribution in [0.3, 0.4) is 0 Å². The van der Waals surface area contributed by atoms with Gasteiger partial charge in [0.1, 0.15) is 0 Å². The Kier molecular flexibility index (Phi) is 5.80. The number of piperidine rings is 1. The molecule has 6 nitrogen and oxygen atoms in total. The first-order chi connectivity index (χ1) is 14.0. The van der Waals surface area contributed by atoms with Gasteiger partial charge in [-0.2, -0.15) is 0 Å². The van der Waals surface area contributed by atoms with E-state index in [-0.39, 0.29) is 5.91 Å². The smallest absolute Gasteiger partial charge is 0.264 e. The number of carbonyl (C=O) groups excluding carboxylic acids is 1. The minimum atomic E-state index is -0.789. The molecule has 7 heteroatoms. The average molecular weight is 409 g/mol. The maximum atomic E-state index is 12.3. The number of aromatic nitrogens is 1. The molecule has 2 N–H and O–H groups in total. The monoisotopic (exact) mass is 408 g/mol. The summed E-state index contributed by atoms with van der Waals surface area (Å²) in [5.74, 6) is -0.184. The number of nitrogens with one attached hydrogen (secondary N) is 1. The first-order valence-electron chi connectivity index (χ1n) is 9.70. The number of aliphatic hydroxyl groups is 1. The Bertz CT molecular complexity index is 950. The van der Waals surface area contributed by atoms with Gasteiger partial charge in [-0.25, -0.2) is 4.98 Å². The zero-order chi connectivity index (χ0) is 20.3. The lowest BCUT2D eigenvalue weighted by Gasteiger charge is -2.35. The standard InChI is InChI=1S/C22H24N4O2S/c1-26-12-10-22(28,11-13-26)15-23-21-25-20(27)19(29-21)14-17-8-5-9-18(24-17)16-6-3-2-4-7-16/h2-9,14,28H,10-13,15H2,1H3,(H,23,25,27)/b19-14+. The zero-order valence-corrected chi connectivity index (χ0v) is 17.2. The number of hydrogen-bond donors (Lipinski definition) is 2. The van der Waals surface area contributed by atoms with Crippen LogP contribution in [0.2, 0.25) is 0 Å². The number of amidine groups is 1. The van der Waals surface area contributed by atoms with Crippen molar-refractivity contribution in [1.82, 2.24) is 15.2 Å². The molecule has 2 aliphatic heterocycles. The third kappa shape index (κ3) is 4.93. The van der Waals surface area contributed by atoms with Crippen LogP contribution < -0.4 is 5.32 Å². The number of carbonyl (C=O) groups is 1. The average Bonchev–Trinajstić information content (AvgIpc) is 3.09. The van der Waals surface area contributed by atoms with Crippen molar-refractivity contribution in [3.63, 3.8) is 0 Å². The van der Waals surface area contributed by atoms with Crippen LogP contribution >= 0.6 is 11.8 Å². The van der Waals surface area contributed by atoms with Gasteiger partial charge >= 0.3 is 0 Å². The van der Waals surface area contributed by atoms with Crippen LogP contribution in [0.15, 0.2) is 58.4 Å². The van der Waals surface area contributed by atoms with Gasteiger partial charge in [-0.3, -0.25) is 9.79 Å². The van der Waals surface area contributed by atoms with Gasteiger partial charge in [0, 0.05) is 18.7 Å². The molecule has 2 aromatic rings. The number of aliphatic imine (C=N–C) groups is 1. The Labute approximate surface area is 174 Å². The van der Waals surface area contributed by atoms with E-state index in [9.17, 15) is 9.90 Å². The predicted molar refractivity (Wildman–Crippen MR) is 117 cm³/mol. The highest BCUT2D eigenvalue weighted by Crippen LogP contribution is 2.28. The number of likely N-dealkylation sites (tertiary alicyclic amines) is 1. The van der Waals surface area contributed by atoms with E-state index in [2.05, 4.69) is 27.2 Å². The minimum Gasteiger partial charge on any atom is -0.388 e.